The summed E-state index contributed by atoms with van der Waals surface area (Å²) in [6.07, 6.45) is 1.88. The molecular formula is C17H25NO2. The van der Waals surface area contributed by atoms with Crippen LogP contribution in [0.5, 0.6) is 0 Å². The lowest BCUT2D eigenvalue weighted by atomic mass is 9.92. The predicted octanol–water partition coefficient (Wildman–Crippen LogP) is 3.97. The van der Waals surface area contributed by atoms with Gasteiger partial charge in [0, 0.05) is 19.0 Å². The van der Waals surface area contributed by atoms with E-state index in [-0.39, 0.29) is 6.09 Å². The molecule has 0 aromatic heterocycles. The molecule has 2 rings (SSSR count). The molecule has 1 unspecified atom stereocenters. The first kappa shape index (κ1) is 14.9. The highest BCUT2D eigenvalue weighted by molar-refractivity contribution is 5.68. The highest BCUT2D eigenvalue weighted by Crippen LogP contribution is 2.30. The predicted molar refractivity (Wildman–Crippen MR) is 81.0 cm³/mol. The van der Waals surface area contributed by atoms with Crippen LogP contribution < -0.4 is 0 Å². The van der Waals surface area contributed by atoms with Crippen LogP contribution in [-0.2, 0) is 11.2 Å². The van der Waals surface area contributed by atoms with Crippen LogP contribution in [-0.4, -0.2) is 29.7 Å². The fraction of sp³-hybridized carbons (Fsp3) is 0.588. The maximum atomic E-state index is 12.1. The van der Waals surface area contributed by atoms with E-state index in [4.69, 9.17) is 4.74 Å². The number of likely N-dealkylation sites (tertiary alicyclic amines) is 1. The SMILES string of the molecule is CCc1ccccc1C1CCN(C(=O)OC(C)(C)C)C1. The molecule has 1 fully saturated rings. The molecule has 1 aliphatic rings. The van der Waals surface area contributed by atoms with E-state index in [2.05, 4.69) is 31.2 Å². The number of benzene rings is 1. The Kier molecular flexibility index (Phi) is 4.36. The largest absolute Gasteiger partial charge is 0.444 e. The molecule has 3 nitrogen and oxygen atoms in total. The molecule has 20 heavy (non-hydrogen) atoms. The van der Waals surface area contributed by atoms with Gasteiger partial charge in [0.25, 0.3) is 0 Å². The van der Waals surface area contributed by atoms with Gasteiger partial charge in [0.15, 0.2) is 0 Å². The van der Waals surface area contributed by atoms with Crippen molar-refractivity contribution >= 4 is 6.09 Å². The van der Waals surface area contributed by atoms with Crippen molar-refractivity contribution < 1.29 is 9.53 Å². The van der Waals surface area contributed by atoms with Crippen LogP contribution >= 0.6 is 0 Å². The molecule has 1 aromatic rings. The zero-order valence-corrected chi connectivity index (χ0v) is 13.0. The summed E-state index contributed by atoms with van der Waals surface area (Å²) in [5.74, 6) is 0.443. The molecule has 1 amide bonds. The van der Waals surface area contributed by atoms with Gasteiger partial charge in [-0.05, 0) is 44.7 Å². The van der Waals surface area contributed by atoms with Gasteiger partial charge in [-0.2, -0.15) is 0 Å². The van der Waals surface area contributed by atoms with Crippen molar-refractivity contribution in [3.63, 3.8) is 0 Å². The number of rotatable bonds is 2. The molecule has 1 aliphatic heterocycles. The minimum Gasteiger partial charge on any atom is -0.444 e. The fourth-order valence-electron chi connectivity index (χ4n) is 2.76. The Labute approximate surface area is 121 Å². The lowest BCUT2D eigenvalue weighted by Crippen LogP contribution is -2.35. The van der Waals surface area contributed by atoms with Gasteiger partial charge in [-0.1, -0.05) is 31.2 Å². The Balaban J connectivity index is 2.04. The number of nitrogens with zero attached hydrogens (tertiary/aromatic N) is 1. The third-order valence-corrected chi connectivity index (χ3v) is 3.72. The van der Waals surface area contributed by atoms with E-state index in [1.54, 1.807) is 0 Å². The summed E-state index contributed by atoms with van der Waals surface area (Å²) in [6, 6.07) is 8.56. The smallest absolute Gasteiger partial charge is 0.410 e. The van der Waals surface area contributed by atoms with E-state index in [1.165, 1.54) is 11.1 Å². The first-order valence-corrected chi connectivity index (χ1v) is 7.46. The lowest BCUT2D eigenvalue weighted by molar-refractivity contribution is 0.0292. The fourth-order valence-corrected chi connectivity index (χ4v) is 2.76. The second-order valence-corrected chi connectivity index (χ2v) is 6.46. The highest BCUT2D eigenvalue weighted by Gasteiger charge is 2.31. The molecule has 3 heteroatoms. The molecule has 110 valence electrons. The summed E-state index contributed by atoms with van der Waals surface area (Å²) in [5, 5.41) is 0. The molecule has 1 saturated heterocycles. The van der Waals surface area contributed by atoms with E-state index in [0.29, 0.717) is 5.92 Å². The standard InChI is InChI=1S/C17H25NO2/c1-5-13-8-6-7-9-15(13)14-10-11-18(12-14)16(19)20-17(2,3)4/h6-9,14H,5,10-12H2,1-4H3. The van der Waals surface area contributed by atoms with Crippen molar-refractivity contribution in [1.29, 1.82) is 0 Å². The van der Waals surface area contributed by atoms with Crippen molar-refractivity contribution in [2.75, 3.05) is 13.1 Å². The van der Waals surface area contributed by atoms with Gasteiger partial charge in [-0.3, -0.25) is 0 Å². The van der Waals surface area contributed by atoms with Crippen LogP contribution in [0.25, 0.3) is 0 Å². The zero-order valence-electron chi connectivity index (χ0n) is 13.0. The first-order valence-electron chi connectivity index (χ1n) is 7.46. The van der Waals surface area contributed by atoms with Crippen molar-refractivity contribution in [2.24, 2.45) is 0 Å². The van der Waals surface area contributed by atoms with E-state index >= 15 is 0 Å². The first-order chi connectivity index (χ1) is 9.40. The third-order valence-electron chi connectivity index (χ3n) is 3.72. The van der Waals surface area contributed by atoms with Gasteiger partial charge >= 0.3 is 6.09 Å². The number of hydrogen-bond acceptors (Lipinski definition) is 2. The molecule has 0 bridgehead atoms. The van der Waals surface area contributed by atoms with E-state index < -0.39 is 5.60 Å². The number of carbonyl (C=O) groups excluding carboxylic acids is 1. The third kappa shape index (κ3) is 3.53. The average molecular weight is 275 g/mol. The number of aryl methyl sites for hydroxylation is 1. The minimum absolute atomic E-state index is 0.186. The molecule has 0 spiro atoms. The van der Waals surface area contributed by atoms with Crippen molar-refractivity contribution in [3.05, 3.63) is 35.4 Å². The van der Waals surface area contributed by atoms with Gasteiger partial charge < -0.3 is 9.64 Å². The Hall–Kier alpha value is -1.51. The molecule has 0 N–H and O–H groups in total. The zero-order chi connectivity index (χ0) is 14.8. The Bertz CT molecular complexity index is 476. The quantitative estimate of drug-likeness (QED) is 0.817. The van der Waals surface area contributed by atoms with Crippen LogP contribution in [0.1, 0.15) is 51.2 Å². The van der Waals surface area contributed by atoms with Crippen LogP contribution in [0.15, 0.2) is 24.3 Å². The van der Waals surface area contributed by atoms with E-state index in [1.807, 2.05) is 25.7 Å². The van der Waals surface area contributed by atoms with Gasteiger partial charge in [0.2, 0.25) is 0 Å². The maximum Gasteiger partial charge on any atom is 0.410 e. The average Bonchev–Trinajstić information content (AvgIpc) is 2.86. The molecule has 1 heterocycles. The number of carbonyl (C=O) groups is 1. The van der Waals surface area contributed by atoms with Crippen LogP contribution in [0, 0.1) is 0 Å². The van der Waals surface area contributed by atoms with Gasteiger partial charge in [0.05, 0.1) is 0 Å². The molecule has 0 radical (unpaired) electrons. The Morgan fingerprint density at radius 2 is 2.05 bits per heavy atom. The van der Waals surface area contributed by atoms with E-state index in [0.717, 1.165) is 25.9 Å². The van der Waals surface area contributed by atoms with Gasteiger partial charge in [0.1, 0.15) is 5.60 Å². The molecule has 1 aromatic carbocycles. The summed E-state index contributed by atoms with van der Waals surface area (Å²) < 4.78 is 5.45. The number of hydrogen-bond donors (Lipinski definition) is 0. The second kappa shape index (κ2) is 5.86. The number of amides is 1. The van der Waals surface area contributed by atoms with Crippen molar-refractivity contribution in [2.45, 2.75) is 52.1 Å². The van der Waals surface area contributed by atoms with Crippen molar-refractivity contribution in [3.8, 4) is 0 Å². The van der Waals surface area contributed by atoms with Crippen LogP contribution in [0.2, 0.25) is 0 Å². The minimum atomic E-state index is -0.420. The second-order valence-electron chi connectivity index (χ2n) is 6.46. The van der Waals surface area contributed by atoms with Crippen LogP contribution in [0.3, 0.4) is 0 Å². The lowest BCUT2D eigenvalue weighted by Gasteiger charge is -2.24. The van der Waals surface area contributed by atoms with Crippen LogP contribution in [0.4, 0.5) is 4.79 Å². The summed E-state index contributed by atoms with van der Waals surface area (Å²) in [4.78, 5) is 13.9. The Morgan fingerprint density at radius 1 is 1.35 bits per heavy atom. The maximum absolute atomic E-state index is 12.1. The molecule has 0 aliphatic carbocycles. The number of ether oxygens (including phenoxy) is 1. The summed E-state index contributed by atoms with van der Waals surface area (Å²) in [6.45, 7) is 9.46. The van der Waals surface area contributed by atoms with Gasteiger partial charge in [-0.15, -0.1) is 0 Å². The van der Waals surface area contributed by atoms with E-state index in [9.17, 15) is 4.79 Å². The summed E-state index contributed by atoms with van der Waals surface area (Å²) in [5.41, 5.74) is 2.36. The highest BCUT2D eigenvalue weighted by atomic mass is 16.6. The summed E-state index contributed by atoms with van der Waals surface area (Å²) >= 11 is 0. The van der Waals surface area contributed by atoms with Gasteiger partial charge in [-0.25, -0.2) is 4.79 Å². The normalized spacial score (nSPS) is 19.2. The molecular weight excluding hydrogens is 250 g/mol. The Morgan fingerprint density at radius 3 is 2.70 bits per heavy atom. The molecule has 0 saturated carbocycles. The molecule has 1 atom stereocenters. The van der Waals surface area contributed by atoms with Crippen molar-refractivity contribution in [1.82, 2.24) is 4.90 Å². The topological polar surface area (TPSA) is 29.5 Å². The monoisotopic (exact) mass is 275 g/mol. The summed E-state index contributed by atoms with van der Waals surface area (Å²) in [7, 11) is 0.